The molecule has 0 fully saturated rings. The van der Waals surface area contributed by atoms with Crippen LogP contribution >= 0.6 is 0 Å². The lowest BCUT2D eigenvalue weighted by molar-refractivity contribution is -0.870. The Morgan fingerprint density at radius 2 is 0.905 bits per heavy atom. The van der Waals surface area contributed by atoms with E-state index in [2.05, 4.69) is 62.5 Å². The molecule has 2 atom stereocenters. The van der Waals surface area contributed by atoms with Crippen molar-refractivity contribution in [1.29, 1.82) is 0 Å². The van der Waals surface area contributed by atoms with E-state index in [1.807, 2.05) is 21.1 Å². The zero-order valence-corrected chi connectivity index (χ0v) is 41.5. The van der Waals surface area contributed by atoms with Gasteiger partial charge in [0.1, 0.15) is 13.2 Å². The molecule has 366 valence electrons. The average Bonchev–Trinajstić information content (AvgIpc) is 3.24. The smallest absolute Gasteiger partial charge is 0.361 e. The number of unbranched alkanes of at least 4 members (excludes halogenated alkanes) is 24. The summed E-state index contributed by atoms with van der Waals surface area (Å²) in [5.41, 5.74) is 0. The molecule has 0 amide bonds. The summed E-state index contributed by atoms with van der Waals surface area (Å²) in [5, 5.41) is 9.67. The molecule has 0 aliphatic rings. The number of likely N-dealkylation sites (N-methyl/N-ethyl adjacent to an activating group) is 1. The fourth-order valence-corrected chi connectivity index (χ4v) is 7.12. The molecule has 0 rings (SSSR count). The van der Waals surface area contributed by atoms with Gasteiger partial charge in [-0.25, -0.2) is 4.79 Å². The first-order chi connectivity index (χ1) is 30.6. The van der Waals surface area contributed by atoms with E-state index in [0.717, 1.165) is 70.6 Å². The van der Waals surface area contributed by atoms with E-state index < -0.39 is 24.3 Å². The number of esters is 2. The van der Waals surface area contributed by atoms with Crippen molar-refractivity contribution in [3.05, 3.63) is 48.6 Å². The van der Waals surface area contributed by atoms with Gasteiger partial charge in [-0.1, -0.05) is 204 Å². The van der Waals surface area contributed by atoms with Crippen molar-refractivity contribution >= 4 is 17.9 Å². The van der Waals surface area contributed by atoms with Crippen LogP contribution < -0.4 is 0 Å². The molecule has 9 nitrogen and oxygen atoms in total. The molecule has 0 aromatic heterocycles. The second kappa shape index (κ2) is 45.8. The van der Waals surface area contributed by atoms with Gasteiger partial charge in [0.15, 0.2) is 6.10 Å². The van der Waals surface area contributed by atoms with Crippen LogP contribution in [0.2, 0.25) is 0 Å². The minimum Gasteiger partial charge on any atom is -0.477 e. The number of allylic oxidation sites excluding steroid dienone is 8. The van der Waals surface area contributed by atoms with Gasteiger partial charge in [-0.05, 0) is 51.4 Å². The van der Waals surface area contributed by atoms with Crippen molar-refractivity contribution < 1.29 is 42.9 Å². The van der Waals surface area contributed by atoms with Crippen molar-refractivity contribution in [2.45, 2.75) is 232 Å². The Bertz CT molecular complexity index is 1170. The quantitative estimate of drug-likeness (QED) is 0.0212. The summed E-state index contributed by atoms with van der Waals surface area (Å²) in [5.74, 6) is -2.01. The number of carboxylic acid groups (broad SMARTS) is 1. The summed E-state index contributed by atoms with van der Waals surface area (Å²) in [6.45, 7) is 4.77. The number of carbonyl (C=O) groups is 3. The molecule has 9 heteroatoms. The second-order valence-electron chi connectivity index (χ2n) is 18.5. The normalized spacial score (nSPS) is 13.2. The van der Waals surface area contributed by atoms with Crippen LogP contribution in [0, 0.1) is 0 Å². The van der Waals surface area contributed by atoms with Crippen LogP contribution in [0.3, 0.4) is 0 Å². The lowest BCUT2D eigenvalue weighted by Gasteiger charge is -2.25. The zero-order chi connectivity index (χ0) is 46.3. The van der Waals surface area contributed by atoms with Crippen molar-refractivity contribution in [1.82, 2.24) is 0 Å². The number of hydrogen-bond donors (Lipinski definition) is 1. The highest BCUT2D eigenvalue weighted by Gasteiger charge is 2.25. The number of quaternary nitrogens is 1. The molecule has 0 aliphatic heterocycles. The average molecular weight is 889 g/mol. The van der Waals surface area contributed by atoms with E-state index in [0.29, 0.717) is 23.9 Å². The van der Waals surface area contributed by atoms with Gasteiger partial charge in [-0.3, -0.25) is 9.59 Å². The molecule has 63 heavy (non-hydrogen) atoms. The number of nitrogens with zero attached hydrogens (tertiary/aromatic N) is 1. The molecule has 0 spiro atoms. The topological polar surface area (TPSA) is 108 Å². The van der Waals surface area contributed by atoms with Gasteiger partial charge >= 0.3 is 17.9 Å². The standard InChI is InChI=1S/C54H97NO8/c1-6-8-10-12-14-16-18-20-22-24-25-26-27-29-31-33-35-37-39-41-43-45-52(57)63-50(49-62-54(53(58)59)60-47-46-55(3,4)5)48-61-51(56)44-42-40-38-36-34-32-30-28-23-21-19-17-15-13-11-9-7-2/h8,10,14,16,20,22,25-26,50,54H,6-7,9,11-13,15,17-19,21,23-24,27-49H2,1-5H3/p+1/b10-8-,16-14-,22-20-,26-25-. The first-order valence-corrected chi connectivity index (χ1v) is 25.8. The molecular formula is C54H98NO8+. The van der Waals surface area contributed by atoms with E-state index in [1.54, 1.807) is 0 Å². The van der Waals surface area contributed by atoms with Crippen molar-refractivity contribution in [3.63, 3.8) is 0 Å². The van der Waals surface area contributed by atoms with Gasteiger partial charge in [-0.2, -0.15) is 0 Å². The fraction of sp³-hybridized carbons (Fsp3) is 0.796. The van der Waals surface area contributed by atoms with Gasteiger partial charge in [0, 0.05) is 12.8 Å². The summed E-state index contributed by atoms with van der Waals surface area (Å²) in [6.07, 6.45) is 51.7. The third-order valence-electron chi connectivity index (χ3n) is 11.1. The largest absolute Gasteiger partial charge is 0.477 e. The molecule has 0 aromatic rings. The van der Waals surface area contributed by atoms with Gasteiger partial charge in [0.05, 0.1) is 34.4 Å². The summed E-state index contributed by atoms with van der Waals surface area (Å²) in [4.78, 5) is 37.3. The number of rotatable bonds is 47. The zero-order valence-electron chi connectivity index (χ0n) is 41.5. The third kappa shape index (κ3) is 47.0. The van der Waals surface area contributed by atoms with E-state index in [1.165, 1.54) is 116 Å². The van der Waals surface area contributed by atoms with Gasteiger partial charge < -0.3 is 28.5 Å². The highest BCUT2D eigenvalue weighted by atomic mass is 16.7. The molecule has 0 saturated carbocycles. The predicted octanol–water partition coefficient (Wildman–Crippen LogP) is 14.3. The molecule has 0 bridgehead atoms. The lowest BCUT2D eigenvalue weighted by atomic mass is 10.0. The van der Waals surface area contributed by atoms with E-state index in [9.17, 15) is 19.5 Å². The van der Waals surface area contributed by atoms with E-state index >= 15 is 0 Å². The molecular weight excluding hydrogens is 791 g/mol. The number of ether oxygens (including phenoxy) is 4. The molecule has 0 heterocycles. The van der Waals surface area contributed by atoms with Crippen LogP contribution in [-0.4, -0.2) is 87.4 Å². The molecule has 0 aliphatic carbocycles. The molecule has 2 unspecified atom stereocenters. The third-order valence-corrected chi connectivity index (χ3v) is 11.1. The minimum atomic E-state index is -1.51. The molecule has 0 radical (unpaired) electrons. The summed E-state index contributed by atoms with van der Waals surface area (Å²) >= 11 is 0. The Morgan fingerprint density at radius 1 is 0.492 bits per heavy atom. The van der Waals surface area contributed by atoms with Gasteiger partial charge in [0.25, 0.3) is 6.29 Å². The maximum absolute atomic E-state index is 12.8. The molecule has 1 N–H and O–H groups in total. The van der Waals surface area contributed by atoms with Crippen molar-refractivity contribution in [2.75, 3.05) is 47.5 Å². The first-order valence-electron chi connectivity index (χ1n) is 25.8. The van der Waals surface area contributed by atoms with Crippen LogP contribution in [0.4, 0.5) is 0 Å². The number of aliphatic carboxylic acids is 1. The van der Waals surface area contributed by atoms with Crippen LogP contribution in [-0.2, 0) is 33.3 Å². The first kappa shape index (κ1) is 60.2. The Morgan fingerprint density at radius 3 is 1.35 bits per heavy atom. The molecule has 0 saturated heterocycles. The summed E-state index contributed by atoms with van der Waals surface area (Å²) in [6, 6.07) is 0. The second-order valence-corrected chi connectivity index (χ2v) is 18.5. The fourth-order valence-electron chi connectivity index (χ4n) is 7.12. The van der Waals surface area contributed by atoms with Crippen molar-refractivity contribution in [2.24, 2.45) is 0 Å². The number of carbonyl (C=O) groups excluding carboxylic acids is 2. The predicted molar refractivity (Wildman–Crippen MR) is 263 cm³/mol. The number of hydrogen-bond acceptors (Lipinski definition) is 7. The van der Waals surface area contributed by atoms with Crippen LogP contribution in [0.1, 0.15) is 219 Å². The monoisotopic (exact) mass is 889 g/mol. The van der Waals surface area contributed by atoms with Gasteiger partial charge in [-0.15, -0.1) is 0 Å². The lowest BCUT2D eigenvalue weighted by Crippen LogP contribution is -2.40. The Hall–Kier alpha value is -2.75. The Balaban J connectivity index is 4.34. The SMILES string of the molecule is CC/C=C\C/C=C\C/C=C\C/C=C\CCCCCCCCCCC(=O)OC(COC(=O)CCCCCCCCCCCCCCCCCCC)COC(OCC[N+](C)(C)C)C(=O)O. The van der Waals surface area contributed by atoms with Gasteiger partial charge in [0.2, 0.25) is 0 Å². The summed E-state index contributed by atoms with van der Waals surface area (Å²) < 4.78 is 22.8. The minimum absolute atomic E-state index is 0.183. The Labute approximate surface area is 387 Å². The van der Waals surface area contributed by atoms with E-state index in [4.69, 9.17) is 18.9 Å². The Kier molecular flexibility index (Phi) is 43.8. The van der Waals surface area contributed by atoms with E-state index in [-0.39, 0.29) is 32.2 Å². The van der Waals surface area contributed by atoms with Crippen LogP contribution in [0.5, 0.6) is 0 Å². The highest BCUT2D eigenvalue weighted by Crippen LogP contribution is 2.16. The van der Waals surface area contributed by atoms with Crippen molar-refractivity contribution in [3.8, 4) is 0 Å². The summed E-state index contributed by atoms with van der Waals surface area (Å²) in [7, 11) is 5.96. The maximum Gasteiger partial charge on any atom is 0.361 e. The number of carboxylic acids is 1. The van der Waals surface area contributed by atoms with Crippen LogP contribution in [0.25, 0.3) is 0 Å². The highest BCUT2D eigenvalue weighted by molar-refractivity contribution is 5.71. The molecule has 0 aromatic carbocycles. The van der Waals surface area contributed by atoms with Crippen LogP contribution in [0.15, 0.2) is 48.6 Å². The maximum atomic E-state index is 12.8.